The molecule has 1 amide bonds. The number of hydrogen-bond acceptors (Lipinski definition) is 5. The van der Waals surface area contributed by atoms with Crippen LogP contribution in [0.15, 0.2) is 61.1 Å². The average Bonchev–Trinajstić information content (AvgIpc) is 2.73. The van der Waals surface area contributed by atoms with Gasteiger partial charge in [-0.25, -0.2) is 4.98 Å². The second-order valence-corrected chi connectivity index (χ2v) is 7.42. The van der Waals surface area contributed by atoms with Crippen LogP contribution < -0.4 is 14.8 Å². The number of carbonyl (C=O) groups excluding carboxylic acids is 1. The smallest absolute Gasteiger partial charge is 0.266 e. The van der Waals surface area contributed by atoms with Crippen LogP contribution in [0.25, 0.3) is 0 Å². The van der Waals surface area contributed by atoms with Crippen LogP contribution in [0, 0.1) is 6.92 Å². The van der Waals surface area contributed by atoms with E-state index in [9.17, 15) is 4.79 Å². The summed E-state index contributed by atoms with van der Waals surface area (Å²) in [6.45, 7) is 8.42. The van der Waals surface area contributed by atoms with Crippen LogP contribution >= 0.6 is 0 Å². The molecule has 0 aliphatic rings. The quantitative estimate of drug-likeness (QED) is 0.577. The summed E-state index contributed by atoms with van der Waals surface area (Å²) in [5.41, 5.74) is 3.39. The Kier molecular flexibility index (Phi) is 7.01. The Morgan fingerprint density at radius 2 is 1.83 bits per heavy atom. The van der Waals surface area contributed by atoms with E-state index in [1.165, 1.54) is 5.56 Å². The van der Waals surface area contributed by atoms with E-state index in [4.69, 9.17) is 9.47 Å². The standard InChI is InChI=1S/C24H27N3O3/c1-16(2)21-8-7-20(14-17(21)3)30-18(4)24(28)27-23-22(6-5-11-26-23)29-15-19-9-12-25-13-10-19/h5-14,16,18H,15H2,1-4H3,(H,26,27,28). The third-order valence-corrected chi connectivity index (χ3v) is 4.70. The third-order valence-electron chi connectivity index (χ3n) is 4.70. The maximum atomic E-state index is 12.7. The highest BCUT2D eigenvalue weighted by molar-refractivity contribution is 5.94. The molecule has 0 aliphatic heterocycles. The molecule has 6 nitrogen and oxygen atoms in total. The summed E-state index contributed by atoms with van der Waals surface area (Å²) >= 11 is 0. The fourth-order valence-electron chi connectivity index (χ4n) is 3.09. The first kappa shape index (κ1) is 21.3. The highest BCUT2D eigenvalue weighted by Gasteiger charge is 2.18. The number of carbonyl (C=O) groups is 1. The van der Waals surface area contributed by atoms with Crippen molar-refractivity contribution in [1.82, 2.24) is 9.97 Å². The molecule has 30 heavy (non-hydrogen) atoms. The number of amides is 1. The fourth-order valence-corrected chi connectivity index (χ4v) is 3.09. The van der Waals surface area contributed by atoms with E-state index in [0.717, 1.165) is 11.1 Å². The number of nitrogens with one attached hydrogen (secondary N) is 1. The molecule has 1 unspecified atom stereocenters. The third kappa shape index (κ3) is 5.56. The lowest BCUT2D eigenvalue weighted by Crippen LogP contribution is -2.30. The van der Waals surface area contributed by atoms with E-state index >= 15 is 0 Å². The Morgan fingerprint density at radius 3 is 2.53 bits per heavy atom. The van der Waals surface area contributed by atoms with Gasteiger partial charge in [-0.3, -0.25) is 9.78 Å². The number of ether oxygens (including phenoxy) is 2. The summed E-state index contributed by atoms with van der Waals surface area (Å²) in [7, 11) is 0. The van der Waals surface area contributed by atoms with Gasteiger partial charge in [0.05, 0.1) is 0 Å². The lowest BCUT2D eigenvalue weighted by molar-refractivity contribution is -0.122. The first-order chi connectivity index (χ1) is 14.4. The van der Waals surface area contributed by atoms with E-state index in [1.807, 2.05) is 37.3 Å². The largest absolute Gasteiger partial charge is 0.485 e. The number of aromatic nitrogens is 2. The summed E-state index contributed by atoms with van der Waals surface area (Å²) in [6, 6.07) is 13.2. The van der Waals surface area contributed by atoms with Gasteiger partial charge in [-0.05, 0) is 72.9 Å². The van der Waals surface area contributed by atoms with Crippen LogP contribution in [0.4, 0.5) is 5.82 Å². The van der Waals surface area contributed by atoms with Crippen molar-refractivity contribution in [2.24, 2.45) is 0 Å². The highest BCUT2D eigenvalue weighted by atomic mass is 16.5. The molecule has 0 bridgehead atoms. The van der Waals surface area contributed by atoms with Gasteiger partial charge in [0, 0.05) is 18.6 Å². The van der Waals surface area contributed by atoms with Crippen molar-refractivity contribution in [3.63, 3.8) is 0 Å². The molecular formula is C24H27N3O3. The van der Waals surface area contributed by atoms with Crippen molar-refractivity contribution in [2.45, 2.75) is 46.3 Å². The normalized spacial score (nSPS) is 11.8. The van der Waals surface area contributed by atoms with Gasteiger partial charge < -0.3 is 14.8 Å². The predicted molar refractivity (Wildman–Crippen MR) is 117 cm³/mol. The highest BCUT2D eigenvalue weighted by Crippen LogP contribution is 2.25. The van der Waals surface area contributed by atoms with E-state index in [1.54, 1.807) is 37.6 Å². The Labute approximate surface area is 177 Å². The van der Waals surface area contributed by atoms with Crippen LogP contribution in [-0.2, 0) is 11.4 Å². The molecule has 2 aromatic heterocycles. The second kappa shape index (κ2) is 9.87. The maximum Gasteiger partial charge on any atom is 0.266 e. The SMILES string of the molecule is Cc1cc(OC(C)C(=O)Nc2ncccc2OCc2ccncc2)ccc1C(C)C. The molecule has 1 aromatic carbocycles. The van der Waals surface area contributed by atoms with E-state index in [0.29, 0.717) is 29.8 Å². The fraction of sp³-hybridized carbons (Fsp3) is 0.292. The summed E-state index contributed by atoms with van der Waals surface area (Å²) < 4.78 is 11.7. The monoisotopic (exact) mass is 405 g/mol. The molecule has 0 saturated heterocycles. The lowest BCUT2D eigenvalue weighted by atomic mass is 9.98. The predicted octanol–water partition coefficient (Wildman–Crippen LogP) is 4.89. The number of pyridine rings is 2. The molecule has 2 heterocycles. The molecule has 1 N–H and O–H groups in total. The molecule has 0 fully saturated rings. The van der Waals surface area contributed by atoms with Crippen molar-refractivity contribution in [3.05, 3.63) is 77.7 Å². The van der Waals surface area contributed by atoms with Crippen molar-refractivity contribution in [2.75, 3.05) is 5.32 Å². The van der Waals surface area contributed by atoms with Crippen molar-refractivity contribution in [1.29, 1.82) is 0 Å². The Bertz CT molecular complexity index is 990. The van der Waals surface area contributed by atoms with Gasteiger partial charge >= 0.3 is 0 Å². The van der Waals surface area contributed by atoms with Crippen molar-refractivity contribution >= 4 is 11.7 Å². The van der Waals surface area contributed by atoms with Crippen molar-refractivity contribution < 1.29 is 14.3 Å². The molecule has 0 radical (unpaired) electrons. The van der Waals surface area contributed by atoms with Crippen LogP contribution in [0.2, 0.25) is 0 Å². The minimum Gasteiger partial charge on any atom is -0.485 e. The second-order valence-electron chi connectivity index (χ2n) is 7.42. The number of aryl methyl sites for hydroxylation is 1. The molecule has 6 heteroatoms. The maximum absolute atomic E-state index is 12.7. The minimum absolute atomic E-state index is 0.298. The van der Waals surface area contributed by atoms with Crippen LogP contribution in [0.5, 0.6) is 11.5 Å². The van der Waals surface area contributed by atoms with E-state index in [-0.39, 0.29) is 5.91 Å². The Balaban J connectivity index is 1.63. The minimum atomic E-state index is -0.690. The zero-order valence-corrected chi connectivity index (χ0v) is 17.8. The number of benzene rings is 1. The van der Waals surface area contributed by atoms with E-state index in [2.05, 4.69) is 29.1 Å². The van der Waals surface area contributed by atoms with Gasteiger partial charge in [0.2, 0.25) is 0 Å². The van der Waals surface area contributed by atoms with Crippen molar-refractivity contribution in [3.8, 4) is 11.5 Å². The Hall–Kier alpha value is -3.41. The number of hydrogen-bond donors (Lipinski definition) is 1. The average molecular weight is 405 g/mol. The van der Waals surface area contributed by atoms with Crippen LogP contribution in [0.3, 0.4) is 0 Å². The summed E-state index contributed by atoms with van der Waals surface area (Å²) in [6.07, 6.45) is 4.33. The van der Waals surface area contributed by atoms with Crippen LogP contribution in [-0.4, -0.2) is 22.0 Å². The molecule has 156 valence electrons. The molecule has 0 aliphatic carbocycles. The molecule has 3 rings (SSSR count). The van der Waals surface area contributed by atoms with Gasteiger partial charge in [-0.2, -0.15) is 0 Å². The number of rotatable bonds is 8. The Morgan fingerprint density at radius 1 is 1.07 bits per heavy atom. The summed E-state index contributed by atoms with van der Waals surface area (Å²) in [5.74, 6) is 1.66. The summed E-state index contributed by atoms with van der Waals surface area (Å²) in [5, 5.41) is 2.80. The molecule has 3 aromatic rings. The van der Waals surface area contributed by atoms with Gasteiger partial charge in [-0.15, -0.1) is 0 Å². The van der Waals surface area contributed by atoms with Gasteiger partial charge in [0.1, 0.15) is 12.4 Å². The topological polar surface area (TPSA) is 73.3 Å². The zero-order chi connectivity index (χ0) is 21.5. The number of nitrogens with zero attached hydrogens (tertiary/aromatic N) is 2. The molecule has 0 spiro atoms. The first-order valence-corrected chi connectivity index (χ1v) is 9.99. The van der Waals surface area contributed by atoms with Gasteiger partial charge in [0.15, 0.2) is 17.7 Å². The molecule has 1 atom stereocenters. The zero-order valence-electron chi connectivity index (χ0n) is 17.8. The van der Waals surface area contributed by atoms with Gasteiger partial charge in [0.25, 0.3) is 5.91 Å². The van der Waals surface area contributed by atoms with E-state index < -0.39 is 6.10 Å². The number of anilines is 1. The van der Waals surface area contributed by atoms with Crippen LogP contribution in [0.1, 0.15) is 43.4 Å². The lowest BCUT2D eigenvalue weighted by Gasteiger charge is -2.17. The first-order valence-electron chi connectivity index (χ1n) is 9.99. The van der Waals surface area contributed by atoms with Gasteiger partial charge in [-0.1, -0.05) is 19.9 Å². The molecular weight excluding hydrogens is 378 g/mol. The molecule has 0 saturated carbocycles. The summed E-state index contributed by atoms with van der Waals surface area (Å²) in [4.78, 5) is 20.9.